The Bertz CT molecular complexity index is 764. The van der Waals surface area contributed by atoms with Crippen LogP contribution < -0.4 is 10.2 Å². The molecule has 1 aromatic carbocycles. The molecule has 2 N–H and O–H groups in total. The smallest absolute Gasteiger partial charge is 0.303 e. The second-order valence-electron chi connectivity index (χ2n) is 6.16. The Kier molecular flexibility index (Phi) is 5.90. The number of nitrogens with zero attached hydrogens (tertiary/aromatic N) is 3. The highest BCUT2D eigenvalue weighted by molar-refractivity contribution is 6.32. The van der Waals surface area contributed by atoms with Gasteiger partial charge in [-0.15, -0.1) is 0 Å². The molecule has 8 heteroatoms. The molecule has 2 aromatic rings. The van der Waals surface area contributed by atoms with Crippen LogP contribution in [-0.4, -0.2) is 40.9 Å². The average molecular weight is 377 g/mol. The van der Waals surface area contributed by atoms with E-state index in [1.807, 2.05) is 36.2 Å². The number of hydrogen-bond acceptors (Lipinski definition) is 6. The van der Waals surface area contributed by atoms with Gasteiger partial charge in [0, 0.05) is 25.8 Å². The highest BCUT2D eigenvalue weighted by Gasteiger charge is 2.23. The highest BCUT2D eigenvalue weighted by atomic mass is 35.5. The number of halogens is 1. The van der Waals surface area contributed by atoms with Crippen molar-refractivity contribution < 1.29 is 14.6 Å². The van der Waals surface area contributed by atoms with Gasteiger partial charge in [0.25, 0.3) is 0 Å². The summed E-state index contributed by atoms with van der Waals surface area (Å²) in [6.45, 7) is 0.747. The third-order valence-electron chi connectivity index (χ3n) is 4.23. The first-order valence-electron chi connectivity index (χ1n) is 8.47. The molecule has 1 saturated heterocycles. The van der Waals surface area contributed by atoms with Gasteiger partial charge >= 0.3 is 5.97 Å². The number of anilines is 3. The summed E-state index contributed by atoms with van der Waals surface area (Å²) < 4.78 is 5.68. The van der Waals surface area contributed by atoms with E-state index < -0.39 is 5.97 Å². The highest BCUT2D eigenvalue weighted by Crippen LogP contribution is 2.28. The van der Waals surface area contributed by atoms with Crippen LogP contribution in [-0.2, 0) is 16.0 Å². The Morgan fingerprint density at radius 1 is 1.42 bits per heavy atom. The molecule has 1 atom stereocenters. The molecule has 138 valence electrons. The van der Waals surface area contributed by atoms with Crippen molar-refractivity contribution in [3.8, 4) is 0 Å². The number of aromatic nitrogens is 2. The van der Waals surface area contributed by atoms with E-state index in [4.69, 9.17) is 21.4 Å². The van der Waals surface area contributed by atoms with Crippen LogP contribution in [0.4, 0.5) is 17.5 Å². The number of carboxylic acids is 1. The number of hydrogen-bond donors (Lipinski definition) is 2. The number of aliphatic carboxylic acids is 1. The SMILES string of the molecule is CN(c1nc(Nc2ccc(CCC(=O)O)cc2)ncc1Cl)[C@@H]1CCCO1. The van der Waals surface area contributed by atoms with Crippen LogP contribution in [0.3, 0.4) is 0 Å². The predicted octanol–water partition coefficient (Wildman–Crippen LogP) is 3.46. The van der Waals surface area contributed by atoms with Gasteiger partial charge in [-0.2, -0.15) is 4.98 Å². The lowest BCUT2D eigenvalue weighted by molar-refractivity contribution is -0.136. The van der Waals surface area contributed by atoms with Crippen LogP contribution in [0.5, 0.6) is 0 Å². The summed E-state index contributed by atoms with van der Waals surface area (Å²) in [7, 11) is 1.91. The lowest BCUT2D eigenvalue weighted by Gasteiger charge is -2.25. The number of ether oxygens (including phenoxy) is 1. The van der Waals surface area contributed by atoms with Crippen LogP contribution >= 0.6 is 11.6 Å². The maximum atomic E-state index is 10.6. The molecule has 2 heterocycles. The summed E-state index contributed by atoms with van der Waals surface area (Å²) in [4.78, 5) is 21.3. The summed E-state index contributed by atoms with van der Waals surface area (Å²) in [5.74, 6) is 0.256. The molecule has 26 heavy (non-hydrogen) atoms. The number of rotatable bonds is 7. The lowest BCUT2D eigenvalue weighted by Crippen LogP contribution is -2.31. The first-order valence-corrected chi connectivity index (χ1v) is 8.85. The van der Waals surface area contributed by atoms with Crippen LogP contribution in [0.15, 0.2) is 30.5 Å². The van der Waals surface area contributed by atoms with Crippen LogP contribution in [0.1, 0.15) is 24.8 Å². The average Bonchev–Trinajstić information content (AvgIpc) is 3.17. The maximum absolute atomic E-state index is 10.6. The molecule has 1 aliphatic rings. The molecule has 0 bridgehead atoms. The van der Waals surface area contributed by atoms with Crippen molar-refractivity contribution in [1.82, 2.24) is 9.97 Å². The van der Waals surface area contributed by atoms with E-state index in [0.717, 1.165) is 30.7 Å². The minimum atomic E-state index is -0.801. The molecule has 7 nitrogen and oxygen atoms in total. The molecule has 1 fully saturated rings. The molecule has 0 spiro atoms. The Balaban J connectivity index is 1.69. The molecule has 0 amide bonds. The molecule has 0 unspecified atom stereocenters. The molecule has 1 aliphatic heterocycles. The zero-order valence-electron chi connectivity index (χ0n) is 14.5. The zero-order chi connectivity index (χ0) is 18.5. The number of nitrogens with one attached hydrogen (secondary N) is 1. The molecular formula is C18H21ClN4O3. The monoisotopic (exact) mass is 376 g/mol. The van der Waals surface area contributed by atoms with E-state index in [1.165, 1.54) is 0 Å². The van der Waals surface area contributed by atoms with E-state index >= 15 is 0 Å². The lowest BCUT2D eigenvalue weighted by atomic mass is 10.1. The number of benzene rings is 1. The van der Waals surface area contributed by atoms with Gasteiger partial charge in [-0.05, 0) is 37.0 Å². The van der Waals surface area contributed by atoms with Gasteiger partial charge in [-0.3, -0.25) is 4.79 Å². The third kappa shape index (κ3) is 4.62. The first kappa shape index (κ1) is 18.4. The summed E-state index contributed by atoms with van der Waals surface area (Å²) in [6.07, 6.45) is 4.13. The maximum Gasteiger partial charge on any atom is 0.303 e. The largest absolute Gasteiger partial charge is 0.481 e. The number of carboxylic acid groups (broad SMARTS) is 1. The van der Waals surface area contributed by atoms with Gasteiger partial charge in [0.2, 0.25) is 5.95 Å². The fraction of sp³-hybridized carbons (Fsp3) is 0.389. The zero-order valence-corrected chi connectivity index (χ0v) is 15.2. The van der Waals surface area contributed by atoms with Crippen molar-refractivity contribution in [2.45, 2.75) is 31.9 Å². The Morgan fingerprint density at radius 3 is 2.85 bits per heavy atom. The van der Waals surface area contributed by atoms with E-state index in [-0.39, 0.29) is 12.6 Å². The molecular weight excluding hydrogens is 356 g/mol. The molecule has 1 aromatic heterocycles. The summed E-state index contributed by atoms with van der Waals surface area (Å²) in [5.41, 5.74) is 1.78. The van der Waals surface area contributed by atoms with Crippen molar-refractivity contribution in [3.63, 3.8) is 0 Å². The molecule has 0 saturated carbocycles. The minimum Gasteiger partial charge on any atom is -0.481 e. The van der Waals surface area contributed by atoms with Crippen LogP contribution in [0.25, 0.3) is 0 Å². The second kappa shape index (κ2) is 8.33. The summed E-state index contributed by atoms with van der Waals surface area (Å²) in [5, 5.41) is 12.4. The summed E-state index contributed by atoms with van der Waals surface area (Å²) >= 11 is 6.26. The normalized spacial score (nSPS) is 16.5. The fourth-order valence-corrected chi connectivity index (χ4v) is 3.03. The van der Waals surface area contributed by atoms with E-state index in [2.05, 4.69) is 15.3 Å². The number of aryl methyl sites for hydroxylation is 1. The predicted molar refractivity (Wildman–Crippen MR) is 100 cm³/mol. The van der Waals surface area contributed by atoms with E-state index in [9.17, 15) is 4.79 Å². The molecule has 0 aliphatic carbocycles. The standard InChI is InChI=1S/C18H21ClN4O3/c1-23(15-3-2-10-26-15)17-14(19)11-20-18(22-17)21-13-7-4-12(5-8-13)6-9-16(24)25/h4-5,7-8,11,15H,2-3,6,9-10H2,1H3,(H,24,25)(H,20,21,22)/t15-/m0/s1. The first-order chi connectivity index (χ1) is 12.5. The van der Waals surface area contributed by atoms with Gasteiger partial charge in [-0.1, -0.05) is 23.7 Å². The Hall–Kier alpha value is -2.38. The number of carbonyl (C=O) groups is 1. The summed E-state index contributed by atoms with van der Waals surface area (Å²) in [6, 6.07) is 7.53. The Morgan fingerprint density at radius 2 is 2.19 bits per heavy atom. The van der Waals surface area contributed by atoms with Gasteiger partial charge in [0.05, 0.1) is 6.20 Å². The van der Waals surface area contributed by atoms with E-state index in [1.54, 1.807) is 6.20 Å². The third-order valence-corrected chi connectivity index (χ3v) is 4.50. The van der Waals surface area contributed by atoms with Gasteiger partial charge in [-0.25, -0.2) is 4.98 Å². The van der Waals surface area contributed by atoms with Crippen molar-refractivity contribution >= 4 is 35.0 Å². The van der Waals surface area contributed by atoms with Gasteiger partial charge < -0.3 is 20.1 Å². The molecule has 0 radical (unpaired) electrons. The second-order valence-corrected chi connectivity index (χ2v) is 6.57. The van der Waals surface area contributed by atoms with Crippen molar-refractivity contribution in [3.05, 3.63) is 41.0 Å². The van der Waals surface area contributed by atoms with Crippen molar-refractivity contribution in [1.29, 1.82) is 0 Å². The fourth-order valence-electron chi connectivity index (χ4n) is 2.80. The van der Waals surface area contributed by atoms with Crippen molar-refractivity contribution in [2.75, 3.05) is 23.9 Å². The van der Waals surface area contributed by atoms with E-state index in [0.29, 0.717) is 23.2 Å². The van der Waals surface area contributed by atoms with Crippen molar-refractivity contribution in [2.24, 2.45) is 0 Å². The quantitative estimate of drug-likeness (QED) is 0.764. The van der Waals surface area contributed by atoms with Gasteiger partial charge in [0.15, 0.2) is 5.82 Å². The minimum absolute atomic E-state index is 0.0243. The van der Waals surface area contributed by atoms with Gasteiger partial charge in [0.1, 0.15) is 11.3 Å². The Labute approximate surface area is 157 Å². The molecule has 3 rings (SSSR count). The van der Waals surface area contributed by atoms with Crippen LogP contribution in [0, 0.1) is 0 Å². The topological polar surface area (TPSA) is 87.6 Å². The van der Waals surface area contributed by atoms with Crippen LogP contribution in [0.2, 0.25) is 5.02 Å².